The van der Waals surface area contributed by atoms with Crippen molar-refractivity contribution in [1.29, 1.82) is 0 Å². The molecule has 1 N–H and O–H groups in total. The van der Waals surface area contributed by atoms with E-state index in [4.69, 9.17) is 4.74 Å². The molecule has 0 spiro atoms. The van der Waals surface area contributed by atoms with Crippen molar-refractivity contribution in [2.24, 2.45) is 5.92 Å². The van der Waals surface area contributed by atoms with E-state index in [1.807, 2.05) is 46.9 Å². The van der Waals surface area contributed by atoms with Crippen molar-refractivity contribution in [3.05, 3.63) is 48.0 Å². The molecular formula is C24H32N4O3. The summed E-state index contributed by atoms with van der Waals surface area (Å²) in [6.07, 6.45) is 9.34. The molecule has 0 aliphatic carbocycles. The van der Waals surface area contributed by atoms with Gasteiger partial charge in [0.1, 0.15) is 18.1 Å². The van der Waals surface area contributed by atoms with Crippen molar-refractivity contribution in [2.45, 2.75) is 58.0 Å². The Balaban J connectivity index is 1.45. The highest BCUT2D eigenvalue weighted by molar-refractivity contribution is 5.97. The Morgan fingerprint density at radius 3 is 2.97 bits per heavy atom. The van der Waals surface area contributed by atoms with E-state index in [0.29, 0.717) is 37.6 Å². The normalized spacial score (nSPS) is 22.2. The number of hydrogen-bond donors (Lipinski definition) is 1. The van der Waals surface area contributed by atoms with Gasteiger partial charge in [-0.25, -0.2) is 4.98 Å². The number of ether oxygens (including phenoxy) is 1. The number of carbonyl (C=O) groups excluding carboxylic acids is 2. The SMILES string of the molecule is CCc1nccn1CC(=O)N1CC[C@H]2NC(=O)c3ccccc3OCCCCC[C@H]2C1. The number of rotatable bonds is 3. The number of benzene rings is 1. The lowest BCUT2D eigenvalue weighted by Crippen LogP contribution is -2.53. The van der Waals surface area contributed by atoms with Gasteiger partial charge in [0.15, 0.2) is 0 Å². The zero-order valence-electron chi connectivity index (χ0n) is 18.3. The monoisotopic (exact) mass is 424 g/mol. The predicted octanol–water partition coefficient (Wildman–Crippen LogP) is 3.05. The minimum atomic E-state index is -0.0862. The second-order valence-corrected chi connectivity index (χ2v) is 8.49. The van der Waals surface area contributed by atoms with Crippen LogP contribution in [0.2, 0.25) is 0 Å². The van der Waals surface area contributed by atoms with Gasteiger partial charge in [0, 0.05) is 37.9 Å². The molecule has 7 heteroatoms. The Morgan fingerprint density at radius 2 is 2.10 bits per heavy atom. The Labute approximate surface area is 183 Å². The fourth-order valence-corrected chi connectivity index (χ4v) is 4.68. The molecule has 4 rings (SSSR count). The number of aromatic nitrogens is 2. The van der Waals surface area contributed by atoms with Gasteiger partial charge in [0.05, 0.1) is 12.2 Å². The molecule has 1 aromatic heterocycles. The van der Waals surface area contributed by atoms with E-state index >= 15 is 0 Å². The molecule has 2 aliphatic rings. The fraction of sp³-hybridized carbons (Fsp3) is 0.542. The van der Waals surface area contributed by atoms with Crippen molar-refractivity contribution in [2.75, 3.05) is 19.7 Å². The molecule has 166 valence electrons. The molecule has 2 aliphatic heterocycles. The minimum absolute atomic E-state index is 0.0727. The average molecular weight is 425 g/mol. The molecule has 2 atom stereocenters. The van der Waals surface area contributed by atoms with Crippen molar-refractivity contribution >= 4 is 11.8 Å². The molecule has 0 radical (unpaired) electrons. The predicted molar refractivity (Wildman–Crippen MR) is 118 cm³/mol. The van der Waals surface area contributed by atoms with E-state index < -0.39 is 0 Å². The quantitative estimate of drug-likeness (QED) is 0.822. The number of nitrogens with zero attached hydrogens (tertiary/aromatic N) is 3. The third-order valence-corrected chi connectivity index (χ3v) is 6.44. The van der Waals surface area contributed by atoms with Gasteiger partial charge in [-0.3, -0.25) is 9.59 Å². The van der Waals surface area contributed by atoms with Crippen molar-refractivity contribution in [3.8, 4) is 5.75 Å². The topological polar surface area (TPSA) is 76.5 Å². The van der Waals surface area contributed by atoms with Crippen molar-refractivity contribution < 1.29 is 14.3 Å². The van der Waals surface area contributed by atoms with Crippen LogP contribution in [0.25, 0.3) is 0 Å². The minimum Gasteiger partial charge on any atom is -0.493 e. The van der Waals surface area contributed by atoms with Crippen LogP contribution in [0.4, 0.5) is 0 Å². The van der Waals surface area contributed by atoms with Crippen LogP contribution in [0.1, 0.15) is 55.2 Å². The molecule has 1 fully saturated rings. The number of hydrogen-bond acceptors (Lipinski definition) is 4. The maximum absolute atomic E-state index is 13.0. The lowest BCUT2D eigenvalue weighted by molar-refractivity contribution is -0.134. The Morgan fingerprint density at radius 1 is 1.23 bits per heavy atom. The van der Waals surface area contributed by atoms with Crippen LogP contribution in [-0.2, 0) is 17.8 Å². The van der Waals surface area contributed by atoms with Crippen LogP contribution >= 0.6 is 0 Å². The third kappa shape index (κ3) is 5.09. The number of piperidine rings is 1. The molecule has 0 bridgehead atoms. The summed E-state index contributed by atoms with van der Waals surface area (Å²) < 4.78 is 7.80. The molecule has 1 saturated heterocycles. The van der Waals surface area contributed by atoms with E-state index in [-0.39, 0.29) is 23.8 Å². The summed E-state index contributed by atoms with van der Waals surface area (Å²) in [7, 11) is 0. The number of para-hydroxylation sites is 1. The number of likely N-dealkylation sites (tertiary alicyclic amines) is 1. The van der Waals surface area contributed by atoms with Gasteiger partial charge < -0.3 is 19.5 Å². The standard InChI is InChI=1S/C24H32N4O3/c1-2-22-25-12-14-27(22)17-23(29)28-13-11-20-18(16-28)8-4-3-7-15-31-21-10-6-5-9-19(21)24(30)26-20/h5-6,9-10,12,14,18,20H,2-4,7-8,11,13,15-17H2,1H3,(H,26,30)/t18-,20+/m0/s1. The first-order chi connectivity index (χ1) is 15.2. The van der Waals surface area contributed by atoms with Gasteiger partial charge in [0.2, 0.25) is 5.91 Å². The summed E-state index contributed by atoms with van der Waals surface area (Å²) in [4.78, 5) is 32.3. The Hall–Kier alpha value is -2.83. The zero-order valence-corrected chi connectivity index (χ0v) is 18.3. The smallest absolute Gasteiger partial charge is 0.255 e. The molecular weight excluding hydrogens is 392 g/mol. The van der Waals surface area contributed by atoms with Gasteiger partial charge in [-0.15, -0.1) is 0 Å². The number of imidazole rings is 1. The molecule has 0 unspecified atom stereocenters. The summed E-state index contributed by atoms with van der Waals surface area (Å²) in [6, 6.07) is 7.52. The fourth-order valence-electron chi connectivity index (χ4n) is 4.68. The summed E-state index contributed by atoms with van der Waals surface area (Å²) in [6.45, 7) is 4.35. The highest BCUT2D eigenvalue weighted by Gasteiger charge is 2.33. The maximum Gasteiger partial charge on any atom is 0.255 e. The summed E-state index contributed by atoms with van der Waals surface area (Å²) in [5.41, 5.74) is 0.590. The Bertz CT molecular complexity index is 910. The van der Waals surface area contributed by atoms with E-state index in [0.717, 1.165) is 44.3 Å². The summed E-state index contributed by atoms with van der Waals surface area (Å²) >= 11 is 0. The first kappa shape index (κ1) is 21.4. The van der Waals surface area contributed by atoms with Crippen LogP contribution in [0.5, 0.6) is 5.75 Å². The highest BCUT2D eigenvalue weighted by Crippen LogP contribution is 2.26. The van der Waals surface area contributed by atoms with Gasteiger partial charge in [0.25, 0.3) is 5.91 Å². The molecule has 3 heterocycles. The zero-order chi connectivity index (χ0) is 21.6. The largest absolute Gasteiger partial charge is 0.493 e. The highest BCUT2D eigenvalue weighted by atomic mass is 16.5. The molecule has 7 nitrogen and oxygen atoms in total. The molecule has 1 aromatic carbocycles. The van der Waals surface area contributed by atoms with Crippen LogP contribution < -0.4 is 10.1 Å². The lowest BCUT2D eigenvalue weighted by Gasteiger charge is -2.39. The van der Waals surface area contributed by atoms with Crippen LogP contribution in [0.3, 0.4) is 0 Å². The second-order valence-electron chi connectivity index (χ2n) is 8.49. The van der Waals surface area contributed by atoms with E-state index in [9.17, 15) is 9.59 Å². The lowest BCUT2D eigenvalue weighted by atomic mass is 9.87. The first-order valence-electron chi connectivity index (χ1n) is 11.5. The second kappa shape index (κ2) is 9.98. The maximum atomic E-state index is 13.0. The van der Waals surface area contributed by atoms with Crippen LogP contribution in [0, 0.1) is 5.92 Å². The molecule has 31 heavy (non-hydrogen) atoms. The van der Waals surface area contributed by atoms with E-state index in [1.54, 1.807) is 6.20 Å². The van der Waals surface area contributed by atoms with Crippen LogP contribution in [-0.4, -0.2) is 52.0 Å². The molecule has 2 aromatic rings. The first-order valence-corrected chi connectivity index (χ1v) is 11.5. The van der Waals surface area contributed by atoms with Gasteiger partial charge in [-0.2, -0.15) is 0 Å². The molecule has 2 amide bonds. The van der Waals surface area contributed by atoms with Gasteiger partial charge in [-0.05, 0) is 37.3 Å². The van der Waals surface area contributed by atoms with Gasteiger partial charge >= 0.3 is 0 Å². The number of carbonyl (C=O) groups is 2. The van der Waals surface area contributed by atoms with Crippen LogP contribution in [0.15, 0.2) is 36.7 Å². The van der Waals surface area contributed by atoms with Gasteiger partial charge in [-0.1, -0.05) is 31.9 Å². The summed E-state index contributed by atoms with van der Waals surface area (Å²) in [5, 5.41) is 3.24. The van der Waals surface area contributed by atoms with Crippen molar-refractivity contribution in [3.63, 3.8) is 0 Å². The Kier molecular flexibility index (Phi) is 6.89. The van der Waals surface area contributed by atoms with E-state index in [1.165, 1.54) is 0 Å². The summed E-state index contributed by atoms with van der Waals surface area (Å²) in [5.74, 6) is 1.89. The number of amides is 2. The van der Waals surface area contributed by atoms with E-state index in [2.05, 4.69) is 10.3 Å². The van der Waals surface area contributed by atoms with Crippen molar-refractivity contribution in [1.82, 2.24) is 19.8 Å². The number of fused-ring (bicyclic) bond motifs is 2. The number of nitrogens with one attached hydrogen (secondary N) is 1. The molecule has 0 saturated carbocycles. The third-order valence-electron chi connectivity index (χ3n) is 6.44. The number of aryl methyl sites for hydroxylation is 1. The average Bonchev–Trinajstić information content (AvgIpc) is 3.23.